The highest BCUT2D eigenvalue weighted by molar-refractivity contribution is 5.80. The van der Waals surface area contributed by atoms with Crippen molar-refractivity contribution in [1.82, 2.24) is 0 Å². The van der Waals surface area contributed by atoms with E-state index < -0.39 is 17.8 Å². The number of carbonyl (C=O) groups excluding carboxylic acids is 1. The second kappa shape index (κ2) is 6.22. The lowest BCUT2D eigenvalue weighted by Gasteiger charge is -2.32. The normalized spacial score (nSPS) is 17.1. The van der Waals surface area contributed by atoms with Crippen molar-refractivity contribution in [2.75, 3.05) is 11.4 Å². The fraction of sp³-hybridized carbons (Fsp3) is 0.533. The number of nitrogens with two attached hydrogens (primary N) is 1. The lowest BCUT2D eigenvalue weighted by molar-refractivity contribution is -0.116. The van der Waals surface area contributed by atoms with Crippen LogP contribution < -0.4 is 10.6 Å². The Morgan fingerprint density at radius 3 is 2.70 bits per heavy atom. The molecular formula is C15H21FN2O2. The van der Waals surface area contributed by atoms with E-state index in [9.17, 15) is 14.3 Å². The maximum absolute atomic E-state index is 13.4. The lowest BCUT2D eigenvalue weighted by Crippen LogP contribution is -2.40. The van der Waals surface area contributed by atoms with Crippen molar-refractivity contribution in [3.8, 4) is 0 Å². The molecule has 1 fully saturated rings. The van der Waals surface area contributed by atoms with Gasteiger partial charge in [-0.3, -0.25) is 4.79 Å². The Labute approximate surface area is 118 Å². The maximum Gasteiger partial charge on any atom is 0.236 e. The monoisotopic (exact) mass is 280 g/mol. The number of aliphatic hydroxyl groups excluding tert-OH is 1. The van der Waals surface area contributed by atoms with Crippen molar-refractivity contribution in [1.29, 1.82) is 0 Å². The molecule has 0 saturated heterocycles. The van der Waals surface area contributed by atoms with E-state index in [1.165, 1.54) is 12.1 Å². The van der Waals surface area contributed by atoms with Crippen LogP contribution in [0.25, 0.3) is 0 Å². The molecule has 110 valence electrons. The van der Waals surface area contributed by atoms with Crippen molar-refractivity contribution in [3.63, 3.8) is 0 Å². The number of aliphatic hydroxyl groups is 1. The van der Waals surface area contributed by atoms with E-state index in [4.69, 9.17) is 5.73 Å². The zero-order chi connectivity index (χ0) is 14.7. The zero-order valence-electron chi connectivity index (χ0n) is 11.7. The van der Waals surface area contributed by atoms with E-state index in [2.05, 4.69) is 0 Å². The van der Waals surface area contributed by atoms with Gasteiger partial charge in [-0.2, -0.15) is 0 Å². The summed E-state index contributed by atoms with van der Waals surface area (Å²) in [6, 6.07) is 4.52. The minimum absolute atomic E-state index is 0.0933. The number of amides is 1. The van der Waals surface area contributed by atoms with Gasteiger partial charge in [-0.05, 0) is 38.0 Å². The van der Waals surface area contributed by atoms with Crippen LogP contribution in [0, 0.1) is 5.82 Å². The van der Waals surface area contributed by atoms with Crippen molar-refractivity contribution in [2.24, 2.45) is 5.73 Å². The van der Waals surface area contributed by atoms with Crippen LogP contribution in [0.3, 0.4) is 0 Å². The quantitative estimate of drug-likeness (QED) is 0.868. The number of nitrogens with zero attached hydrogens (tertiary/aromatic N) is 1. The van der Waals surface area contributed by atoms with E-state index in [1.54, 1.807) is 13.0 Å². The Hall–Kier alpha value is -1.62. The first-order chi connectivity index (χ1) is 9.49. The Balaban J connectivity index is 2.39. The zero-order valence-corrected chi connectivity index (χ0v) is 11.7. The second-order valence-electron chi connectivity index (χ2n) is 5.41. The van der Waals surface area contributed by atoms with Gasteiger partial charge >= 0.3 is 0 Å². The van der Waals surface area contributed by atoms with Gasteiger partial charge in [0.05, 0.1) is 12.6 Å². The Morgan fingerprint density at radius 1 is 1.50 bits per heavy atom. The third kappa shape index (κ3) is 3.28. The van der Waals surface area contributed by atoms with Crippen molar-refractivity contribution >= 4 is 11.6 Å². The van der Waals surface area contributed by atoms with Gasteiger partial charge in [0.15, 0.2) is 0 Å². The summed E-state index contributed by atoms with van der Waals surface area (Å²) < 4.78 is 13.4. The Morgan fingerprint density at radius 2 is 2.15 bits per heavy atom. The molecule has 3 N–H and O–H groups in total. The van der Waals surface area contributed by atoms with Crippen LogP contribution in [0.2, 0.25) is 0 Å². The summed E-state index contributed by atoms with van der Waals surface area (Å²) in [5.41, 5.74) is 6.54. The molecule has 1 saturated carbocycles. The number of rotatable bonds is 5. The largest absolute Gasteiger partial charge is 0.389 e. The summed E-state index contributed by atoms with van der Waals surface area (Å²) in [5.74, 6) is -0.812. The van der Waals surface area contributed by atoms with E-state index >= 15 is 0 Å². The number of primary amides is 1. The molecule has 5 heteroatoms. The highest BCUT2D eigenvalue weighted by atomic mass is 19.1. The summed E-state index contributed by atoms with van der Waals surface area (Å²) in [5, 5.41) is 9.85. The van der Waals surface area contributed by atoms with E-state index in [1.807, 2.05) is 4.90 Å². The molecule has 1 atom stereocenters. The van der Waals surface area contributed by atoms with E-state index in [-0.39, 0.29) is 12.6 Å². The second-order valence-corrected chi connectivity index (χ2v) is 5.41. The molecule has 20 heavy (non-hydrogen) atoms. The topological polar surface area (TPSA) is 66.6 Å². The van der Waals surface area contributed by atoms with Crippen LogP contribution in [0.15, 0.2) is 18.2 Å². The molecule has 0 unspecified atom stereocenters. The molecule has 0 aliphatic heterocycles. The Bertz CT molecular complexity index is 485. The predicted octanol–water partition coefficient (Wildman–Crippen LogP) is 2.11. The van der Waals surface area contributed by atoms with Crippen molar-refractivity contribution < 1.29 is 14.3 Å². The summed E-state index contributed by atoms with van der Waals surface area (Å²) in [6.45, 7) is 1.69. The van der Waals surface area contributed by atoms with E-state index in [0.717, 1.165) is 25.7 Å². The van der Waals surface area contributed by atoms with Gasteiger partial charge in [-0.25, -0.2) is 4.39 Å². The SMILES string of the molecule is C[C@@H](O)c1cc(F)ccc1N(CC(N)=O)C1CCCC1. The minimum atomic E-state index is -0.794. The number of halogens is 1. The number of benzene rings is 1. The van der Waals surface area contributed by atoms with Gasteiger partial charge in [0.2, 0.25) is 5.91 Å². The summed E-state index contributed by atoms with van der Waals surface area (Å²) in [7, 11) is 0. The first-order valence-electron chi connectivity index (χ1n) is 7.01. The van der Waals surface area contributed by atoms with Crippen LogP contribution in [0.1, 0.15) is 44.3 Å². The van der Waals surface area contributed by atoms with Gasteiger partial charge in [-0.15, -0.1) is 0 Å². The van der Waals surface area contributed by atoms with Crippen molar-refractivity contribution in [2.45, 2.75) is 44.8 Å². The molecule has 0 spiro atoms. The third-order valence-corrected chi connectivity index (χ3v) is 3.84. The first-order valence-corrected chi connectivity index (χ1v) is 7.01. The molecule has 1 amide bonds. The van der Waals surface area contributed by atoms with Crippen molar-refractivity contribution in [3.05, 3.63) is 29.6 Å². The molecule has 1 aliphatic carbocycles. The summed E-state index contributed by atoms with van der Waals surface area (Å²) in [6.07, 6.45) is 3.42. The summed E-state index contributed by atoms with van der Waals surface area (Å²) in [4.78, 5) is 13.2. The molecule has 0 bridgehead atoms. The van der Waals surface area contributed by atoms with Crippen LogP contribution in [0.4, 0.5) is 10.1 Å². The molecule has 1 aromatic rings. The van der Waals surface area contributed by atoms with Gasteiger partial charge in [0.25, 0.3) is 0 Å². The van der Waals surface area contributed by atoms with Crippen LogP contribution in [-0.4, -0.2) is 23.6 Å². The number of hydrogen-bond donors (Lipinski definition) is 2. The summed E-state index contributed by atoms with van der Waals surface area (Å²) >= 11 is 0. The fourth-order valence-electron chi connectivity index (χ4n) is 2.92. The molecule has 0 radical (unpaired) electrons. The number of hydrogen-bond acceptors (Lipinski definition) is 3. The average Bonchev–Trinajstić information content (AvgIpc) is 2.89. The molecule has 0 aromatic heterocycles. The number of carbonyl (C=O) groups is 1. The Kier molecular flexibility index (Phi) is 4.60. The van der Waals surface area contributed by atoms with Gasteiger partial charge in [-0.1, -0.05) is 12.8 Å². The minimum Gasteiger partial charge on any atom is -0.389 e. The van der Waals surface area contributed by atoms with Crippen LogP contribution in [0.5, 0.6) is 0 Å². The smallest absolute Gasteiger partial charge is 0.236 e. The van der Waals surface area contributed by atoms with Gasteiger partial charge in [0, 0.05) is 17.3 Å². The maximum atomic E-state index is 13.4. The number of anilines is 1. The lowest BCUT2D eigenvalue weighted by atomic mass is 10.0. The van der Waals surface area contributed by atoms with Gasteiger partial charge in [0.1, 0.15) is 5.82 Å². The van der Waals surface area contributed by atoms with Gasteiger partial charge < -0.3 is 15.7 Å². The third-order valence-electron chi connectivity index (χ3n) is 3.84. The van der Waals surface area contributed by atoms with Crippen LogP contribution >= 0.6 is 0 Å². The standard InChI is InChI=1S/C15H21FN2O2/c1-10(19)13-8-11(16)6-7-14(13)18(9-15(17)20)12-4-2-3-5-12/h6-8,10,12,19H,2-5,9H2,1H3,(H2,17,20)/t10-/m1/s1. The highest BCUT2D eigenvalue weighted by Crippen LogP contribution is 2.33. The highest BCUT2D eigenvalue weighted by Gasteiger charge is 2.26. The van der Waals surface area contributed by atoms with Crippen LogP contribution in [-0.2, 0) is 4.79 Å². The molecule has 1 aromatic carbocycles. The molecule has 1 aliphatic rings. The predicted molar refractivity (Wildman–Crippen MR) is 75.8 cm³/mol. The first kappa shape index (κ1) is 14.8. The molecular weight excluding hydrogens is 259 g/mol. The average molecular weight is 280 g/mol. The van der Waals surface area contributed by atoms with E-state index in [0.29, 0.717) is 11.3 Å². The molecule has 2 rings (SSSR count). The molecule has 0 heterocycles. The molecule has 4 nitrogen and oxygen atoms in total. The fourth-order valence-corrected chi connectivity index (χ4v) is 2.92.